The first-order valence-electron chi connectivity index (χ1n) is 7.73. The molecule has 0 aliphatic carbocycles. The smallest absolute Gasteiger partial charge is 0.149 e. The molecule has 0 amide bonds. The molecule has 0 saturated carbocycles. The number of alkyl halides is 1. The van der Waals surface area contributed by atoms with Gasteiger partial charge in [-0.25, -0.2) is 9.37 Å². The molecule has 1 fully saturated rings. The molecule has 24 heavy (non-hydrogen) atoms. The van der Waals surface area contributed by atoms with Crippen molar-refractivity contribution in [3.05, 3.63) is 41.5 Å². The van der Waals surface area contributed by atoms with E-state index in [2.05, 4.69) is 17.1 Å². The average molecular weight is 321 g/mol. The Morgan fingerprint density at radius 2 is 1.71 bits per heavy atom. The second kappa shape index (κ2) is 6.55. The second-order valence-corrected chi connectivity index (χ2v) is 5.70. The van der Waals surface area contributed by atoms with Gasteiger partial charge in [-0.15, -0.1) is 0 Å². The highest BCUT2D eigenvalue weighted by molar-refractivity contribution is 5.85. The largest absolute Gasteiger partial charge is 0.383 e. The Labute approximate surface area is 139 Å². The zero-order valence-electron chi connectivity index (χ0n) is 13.0. The van der Waals surface area contributed by atoms with Gasteiger partial charge in [0.25, 0.3) is 0 Å². The van der Waals surface area contributed by atoms with Crippen molar-refractivity contribution in [1.29, 1.82) is 10.5 Å². The first-order chi connectivity index (χ1) is 11.7. The van der Waals surface area contributed by atoms with E-state index >= 15 is 0 Å². The predicted octanol–water partition coefficient (Wildman–Crippen LogP) is 3.01. The molecule has 0 atom stereocenters. The molecule has 2 aromatic rings. The van der Waals surface area contributed by atoms with Gasteiger partial charge in [0.05, 0.1) is 0 Å². The summed E-state index contributed by atoms with van der Waals surface area (Å²) >= 11 is 0. The Morgan fingerprint density at radius 1 is 1.08 bits per heavy atom. The van der Waals surface area contributed by atoms with Gasteiger partial charge in [-0.2, -0.15) is 10.5 Å². The fraction of sp³-hybridized carbons (Fsp3) is 0.278. The lowest BCUT2D eigenvalue weighted by Gasteiger charge is -2.31. The van der Waals surface area contributed by atoms with E-state index in [1.807, 2.05) is 35.2 Å². The Hall–Kier alpha value is -3.12. The van der Waals surface area contributed by atoms with Gasteiger partial charge in [0.1, 0.15) is 41.1 Å². The molecule has 1 aromatic carbocycles. The second-order valence-electron chi connectivity index (χ2n) is 5.70. The molecule has 3 rings (SSSR count). The molecule has 1 saturated heterocycles. The molecule has 2 heterocycles. The summed E-state index contributed by atoms with van der Waals surface area (Å²) in [4.78, 5) is 6.16. The van der Waals surface area contributed by atoms with Crippen molar-refractivity contribution in [2.24, 2.45) is 0 Å². The number of hydrogen-bond acceptors (Lipinski definition) is 5. The van der Waals surface area contributed by atoms with Crippen LogP contribution < -0.4 is 10.6 Å². The summed E-state index contributed by atoms with van der Waals surface area (Å²) in [6.07, 6.45) is -0.0311. The van der Waals surface area contributed by atoms with Gasteiger partial charge < -0.3 is 10.6 Å². The summed E-state index contributed by atoms with van der Waals surface area (Å²) in [7, 11) is 0. The number of nitriles is 2. The minimum atomic E-state index is -0.823. The number of hydrogen-bond donors (Lipinski definition) is 1. The zero-order chi connectivity index (χ0) is 17.1. The van der Waals surface area contributed by atoms with Crippen LogP contribution in [0.4, 0.5) is 16.0 Å². The number of piperidine rings is 1. The number of anilines is 2. The topological polar surface area (TPSA) is 89.7 Å². The number of nitrogen functional groups attached to an aromatic ring is 1. The molecule has 120 valence electrons. The lowest BCUT2D eigenvalue weighted by atomic mass is 9.95. The minimum absolute atomic E-state index is 0.0905. The van der Waals surface area contributed by atoms with Crippen molar-refractivity contribution in [3.63, 3.8) is 0 Å². The van der Waals surface area contributed by atoms with Crippen LogP contribution in [0.1, 0.15) is 24.0 Å². The summed E-state index contributed by atoms with van der Waals surface area (Å²) in [5, 5.41) is 19.2. The van der Waals surface area contributed by atoms with Crippen LogP contribution in [0.2, 0.25) is 0 Å². The highest BCUT2D eigenvalue weighted by Gasteiger charge is 2.26. The highest BCUT2D eigenvalue weighted by Crippen LogP contribution is 2.36. The lowest BCUT2D eigenvalue weighted by Crippen LogP contribution is -2.35. The van der Waals surface area contributed by atoms with Crippen molar-refractivity contribution in [2.75, 3.05) is 23.7 Å². The third-order valence-electron chi connectivity index (χ3n) is 4.22. The van der Waals surface area contributed by atoms with Crippen molar-refractivity contribution in [2.45, 2.75) is 19.0 Å². The maximum atomic E-state index is 13.4. The number of nitrogens with zero attached hydrogens (tertiary/aromatic N) is 4. The summed E-state index contributed by atoms with van der Waals surface area (Å²) in [5.74, 6) is 0.521. The summed E-state index contributed by atoms with van der Waals surface area (Å²) < 4.78 is 13.4. The van der Waals surface area contributed by atoms with Gasteiger partial charge in [-0.3, -0.25) is 0 Å². The quantitative estimate of drug-likeness (QED) is 0.918. The maximum Gasteiger partial charge on any atom is 0.149 e. The van der Waals surface area contributed by atoms with Crippen LogP contribution in [0.5, 0.6) is 0 Å². The van der Waals surface area contributed by atoms with Crippen molar-refractivity contribution in [3.8, 4) is 23.3 Å². The molecule has 0 unspecified atom stereocenters. The van der Waals surface area contributed by atoms with Crippen LogP contribution in [0.3, 0.4) is 0 Å². The van der Waals surface area contributed by atoms with E-state index < -0.39 is 6.17 Å². The summed E-state index contributed by atoms with van der Waals surface area (Å²) in [6.45, 7) is 0.949. The minimum Gasteiger partial charge on any atom is -0.383 e. The SMILES string of the molecule is N#Cc1c(N)nc(N2CCC(F)CC2)c(C#N)c1-c1ccccc1. The lowest BCUT2D eigenvalue weighted by molar-refractivity contribution is 0.276. The molecule has 1 aliphatic rings. The Balaban J connectivity index is 2.21. The van der Waals surface area contributed by atoms with Gasteiger partial charge in [0.2, 0.25) is 0 Å². The number of aromatic nitrogens is 1. The molecule has 5 nitrogen and oxygen atoms in total. The fourth-order valence-corrected chi connectivity index (χ4v) is 2.99. The number of benzene rings is 1. The third kappa shape index (κ3) is 2.75. The van der Waals surface area contributed by atoms with Gasteiger partial charge >= 0.3 is 0 Å². The molecule has 1 aliphatic heterocycles. The molecule has 1 aromatic heterocycles. The maximum absolute atomic E-state index is 13.4. The van der Waals surface area contributed by atoms with Crippen LogP contribution in [-0.4, -0.2) is 24.2 Å². The van der Waals surface area contributed by atoms with Crippen molar-refractivity contribution < 1.29 is 4.39 Å². The molecular formula is C18H16FN5. The molecule has 0 bridgehead atoms. The normalized spacial score (nSPS) is 14.9. The van der Waals surface area contributed by atoms with E-state index in [-0.39, 0.29) is 11.4 Å². The predicted molar refractivity (Wildman–Crippen MR) is 89.9 cm³/mol. The average Bonchev–Trinajstić information content (AvgIpc) is 2.62. The molecular weight excluding hydrogens is 305 g/mol. The van der Waals surface area contributed by atoms with E-state index in [0.29, 0.717) is 42.9 Å². The fourth-order valence-electron chi connectivity index (χ4n) is 2.99. The summed E-state index contributed by atoms with van der Waals surface area (Å²) in [5.41, 5.74) is 7.72. The van der Waals surface area contributed by atoms with Crippen LogP contribution in [0.25, 0.3) is 11.1 Å². The van der Waals surface area contributed by atoms with Crippen LogP contribution >= 0.6 is 0 Å². The van der Waals surface area contributed by atoms with Gasteiger partial charge in [0.15, 0.2) is 0 Å². The van der Waals surface area contributed by atoms with Crippen LogP contribution in [0, 0.1) is 22.7 Å². The van der Waals surface area contributed by atoms with Gasteiger partial charge in [0, 0.05) is 18.7 Å². The van der Waals surface area contributed by atoms with Gasteiger partial charge in [-0.1, -0.05) is 30.3 Å². The van der Waals surface area contributed by atoms with Crippen LogP contribution in [0.15, 0.2) is 30.3 Å². The molecule has 0 spiro atoms. The Morgan fingerprint density at radius 3 is 2.29 bits per heavy atom. The Kier molecular flexibility index (Phi) is 4.31. The van der Waals surface area contributed by atoms with E-state index in [0.717, 1.165) is 5.56 Å². The van der Waals surface area contributed by atoms with E-state index in [1.165, 1.54) is 0 Å². The zero-order valence-corrected chi connectivity index (χ0v) is 13.0. The van der Waals surface area contributed by atoms with E-state index in [9.17, 15) is 14.9 Å². The number of rotatable bonds is 2. The molecule has 6 heteroatoms. The van der Waals surface area contributed by atoms with E-state index in [1.54, 1.807) is 0 Å². The molecule has 2 N–H and O–H groups in total. The van der Waals surface area contributed by atoms with Gasteiger partial charge in [-0.05, 0) is 18.4 Å². The van der Waals surface area contributed by atoms with E-state index in [4.69, 9.17) is 5.73 Å². The van der Waals surface area contributed by atoms with Crippen molar-refractivity contribution in [1.82, 2.24) is 4.98 Å². The highest BCUT2D eigenvalue weighted by atomic mass is 19.1. The number of nitrogens with two attached hydrogens (primary N) is 1. The first-order valence-corrected chi connectivity index (χ1v) is 7.73. The molecule has 0 radical (unpaired) electrons. The first kappa shape index (κ1) is 15.8. The van der Waals surface area contributed by atoms with Crippen LogP contribution in [-0.2, 0) is 0 Å². The standard InChI is InChI=1S/C18H16FN5/c19-13-6-8-24(9-7-13)18-15(11-21)16(12-4-2-1-3-5-12)14(10-20)17(22)23-18/h1-5,13H,6-9H2,(H2,22,23). The monoisotopic (exact) mass is 321 g/mol. The Bertz CT molecular complexity index is 827. The number of pyridine rings is 1. The van der Waals surface area contributed by atoms with Crippen molar-refractivity contribution >= 4 is 11.6 Å². The summed E-state index contributed by atoms with van der Waals surface area (Å²) in [6, 6.07) is 13.4. The number of halogens is 1. The third-order valence-corrected chi connectivity index (χ3v) is 4.22.